The van der Waals surface area contributed by atoms with Crippen molar-refractivity contribution in [2.24, 2.45) is 5.73 Å². The van der Waals surface area contributed by atoms with Crippen LogP contribution in [0.2, 0.25) is 0 Å². The molecule has 0 aromatic carbocycles. The largest absolute Gasteiger partial charge is 0.388 e. The standard InChI is InChI=1S/C12H24N2O/c1-2-14-9-5-6-11(13,10-14)12(15)7-3-4-8-12/h15H,2-10,13H2,1H3. The maximum absolute atomic E-state index is 10.6. The van der Waals surface area contributed by atoms with Crippen LogP contribution in [0.1, 0.15) is 45.4 Å². The Bertz CT molecular complexity index is 226. The predicted molar refractivity (Wildman–Crippen MR) is 61.7 cm³/mol. The van der Waals surface area contributed by atoms with Crippen molar-refractivity contribution >= 4 is 0 Å². The van der Waals surface area contributed by atoms with E-state index < -0.39 is 5.60 Å². The molecule has 0 aromatic rings. The number of hydrogen-bond acceptors (Lipinski definition) is 3. The molecule has 15 heavy (non-hydrogen) atoms. The average molecular weight is 212 g/mol. The number of hydrogen-bond donors (Lipinski definition) is 2. The second-order valence-corrected chi connectivity index (χ2v) is 5.37. The first-order valence-electron chi connectivity index (χ1n) is 6.33. The van der Waals surface area contributed by atoms with Crippen molar-refractivity contribution < 1.29 is 5.11 Å². The van der Waals surface area contributed by atoms with Gasteiger partial charge in [-0.25, -0.2) is 0 Å². The lowest BCUT2D eigenvalue weighted by Crippen LogP contribution is -2.66. The highest BCUT2D eigenvalue weighted by Gasteiger charge is 2.50. The molecule has 0 aromatic heterocycles. The van der Waals surface area contributed by atoms with Crippen LogP contribution in [-0.2, 0) is 0 Å². The summed E-state index contributed by atoms with van der Waals surface area (Å²) in [6.45, 7) is 5.24. The van der Waals surface area contributed by atoms with E-state index in [0.717, 1.165) is 58.2 Å². The fraction of sp³-hybridized carbons (Fsp3) is 1.00. The second-order valence-electron chi connectivity index (χ2n) is 5.37. The SMILES string of the molecule is CCN1CCCC(N)(C2(O)CCCC2)C1. The van der Waals surface area contributed by atoms with Gasteiger partial charge in [0.2, 0.25) is 0 Å². The molecule has 1 aliphatic heterocycles. The van der Waals surface area contributed by atoms with Crippen molar-refractivity contribution in [2.75, 3.05) is 19.6 Å². The van der Waals surface area contributed by atoms with Crippen molar-refractivity contribution in [3.8, 4) is 0 Å². The normalized spacial score (nSPS) is 37.0. The van der Waals surface area contributed by atoms with Crippen molar-refractivity contribution in [2.45, 2.75) is 56.6 Å². The molecule has 0 radical (unpaired) electrons. The van der Waals surface area contributed by atoms with Crippen LogP contribution in [0.25, 0.3) is 0 Å². The van der Waals surface area contributed by atoms with Crippen LogP contribution in [0.5, 0.6) is 0 Å². The molecule has 3 nitrogen and oxygen atoms in total. The van der Waals surface area contributed by atoms with Gasteiger partial charge in [-0.3, -0.25) is 0 Å². The van der Waals surface area contributed by atoms with E-state index in [1.165, 1.54) is 0 Å². The Morgan fingerprint density at radius 3 is 2.47 bits per heavy atom. The first-order chi connectivity index (χ1) is 7.10. The Labute approximate surface area is 92.6 Å². The Morgan fingerprint density at radius 1 is 1.20 bits per heavy atom. The molecule has 1 heterocycles. The summed E-state index contributed by atoms with van der Waals surface area (Å²) in [7, 11) is 0. The van der Waals surface area contributed by atoms with Crippen LogP contribution < -0.4 is 5.73 Å². The lowest BCUT2D eigenvalue weighted by Gasteiger charge is -2.48. The maximum atomic E-state index is 10.6. The minimum absolute atomic E-state index is 0.349. The zero-order chi connectivity index (χ0) is 10.9. The predicted octanol–water partition coefficient (Wildman–Crippen LogP) is 1.10. The van der Waals surface area contributed by atoms with E-state index in [1.54, 1.807) is 0 Å². The number of piperidine rings is 1. The summed E-state index contributed by atoms with van der Waals surface area (Å²) < 4.78 is 0. The van der Waals surface area contributed by atoms with Crippen molar-refractivity contribution in [1.29, 1.82) is 0 Å². The van der Waals surface area contributed by atoms with Gasteiger partial charge in [0.15, 0.2) is 0 Å². The van der Waals surface area contributed by atoms with Crippen molar-refractivity contribution in [3.05, 3.63) is 0 Å². The number of nitrogens with two attached hydrogens (primary N) is 1. The summed E-state index contributed by atoms with van der Waals surface area (Å²) in [5.74, 6) is 0. The van der Waals surface area contributed by atoms with Gasteiger partial charge in [-0.2, -0.15) is 0 Å². The van der Waals surface area contributed by atoms with Crippen LogP contribution in [0.15, 0.2) is 0 Å². The van der Waals surface area contributed by atoms with Crippen molar-refractivity contribution in [3.63, 3.8) is 0 Å². The molecule has 1 unspecified atom stereocenters. The first-order valence-corrected chi connectivity index (χ1v) is 6.33. The highest BCUT2D eigenvalue weighted by molar-refractivity contribution is 5.08. The van der Waals surface area contributed by atoms with Gasteiger partial charge < -0.3 is 15.7 Å². The Kier molecular flexibility index (Phi) is 3.06. The number of nitrogens with zero attached hydrogens (tertiary/aromatic N) is 1. The number of aliphatic hydroxyl groups is 1. The van der Waals surface area contributed by atoms with Gasteiger partial charge in [0, 0.05) is 6.54 Å². The molecule has 1 saturated carbocycles. The maximum Gasteiger partial charge on any atom is 0.0838 e. The van der Waals surface area contributed by atoms with E-state index in [0.29, 0.717) is 0 Å². The first kappa shape index (κ1) is 11.4. The molecule has 0 amide bonds. The lowest BCUT2D eigenvalue weighted by atomic mass is 9.73. The number of likely N-dealkylation sites (N-methyl/N-ethyl adjacent to an activating group) is 1. The summed E-state index contributed by atoms with van der Waals surface area (Å²) in [5, 5.41) is 10.6. The molecule has 0 spiro atoms. The quantitative estimate of drug-likeness (QED) is 0.721. The molecule has 3 N–H and O–H groups in total. The molecule has 1 atom stereocenters. The zero-order valence-corrected chi connectivity index (χ0v) is 9.84. The number of rotatable bonds is 2. The van der Waals surface area contributed by atoms with Crippen LogP contribution >= 0.6 is 0 Å². The molecule has 3 heteroatoms. The van der Waals surface area contributed by atoms with Crippen LogP contribution in [0.4, 0.5) is 0 Å². The van der Waals surface area contributed by atoms with Gasteiger partial charge in [0.1, 0.15) is 0 Å². The van der Waals surface area contributed by atoms with Crippen molar-refractivity contribution in [1.82, 2.24) is 4.90 Å². The monoisotopic (exact) mass is 212 g/mol. The van der Waals surface area contributed by atoms with Gasteiger partial charge in [0.25, 0.3) is 0 Å². The van der Waals surface area contributed by atoms with E-state index in [1.807, 2.05) is 0 Å². The van der Waals surface area contributed by atoms with E-state index >= 15 is 0 Å². The van der Waals surface area contributed by atoms with Crippen LogP contribution in [0, 0.1) is 0 Å². The third-order valence-electron chi connectivity index (χ3n) is 4.41. The smallest absolute Gasteiger partial charge is 0.0838 e. The van der Waals surface area contributed by atoms with Crippen LogP contribution in [-0.4, -0.2) is 40.8 Å². The lowest BCUT2D eigenvalue weighted by molar-refractivity contribution is -0.0602. The van der Waals surface area contributed by atoms with Crippen LogP contribution in [0.3, 0.4) is 0 Å². The molecule has 2 fully saturated rings. The summed E-state index contributed by atoms with van der Waals surface area (Å²) >= 11 is 0. The summed E-state index contributed by atoms with van der Waals surface area (Å²) in [5.41, 5.74) is 5.54. The molecular weight excluding hydrogens is 188 g/mol. The average Bonchev–Trinajstić information content (AvgIpc) is 2.67. The molecule has 1 aliphatic carbocycles. The van der Waals surface area contributed by atoms with E-state index in [9.17, 15) is 5.11 Å². The Balaban J connectivity index is 2.10. The molecule has 2 rings (SSSR count). The summed E-state index contributed by atoms with van der Waals surface area (Å²) in [6.07, 6.45) is 6.21. The molecule has 1 saturated heterocycles. The van der Waals surface area contributed by atoms with Gasteiger partial charge in [-0.1, -0.05) is 19.8 Å². The topological polar surface area (TPSA) is 49.5 Å². The molecule has 2 aliphatic rings. The summed E-state index contributed by atoms with van der Waals surface area (Å²) in [4.78, 5) is 2.37. The minimum atomic E-state index is -0.582. The third-order valence-corrected chi connectivity index (χ3v) is 4.41. The summed E-state index contributed by atoms with van der Waals surface area (Å²) in [6, 6.07) is 0. The van der Waals surface area contributed by atoms with E-state index in [2.05, 4.69) is 11.8 Å². The highest BCUT2D eigenvalue weighted by atomic mass is 16.3. The van der Waals surface area contributed by atoms with E-state index in [4.69, 9.17) is 5.73 Å². The molecular formula is C12H24N2O. The molecule has 0 bridgehead atoms. The number of likely N-dealkylation sites (tertiary alicyclic amines) is 1. The van der Waals surface area contributed by atoms with Gasteiger partial charge in [-0.15, -0.1) is 0 Å². The fourth-order valence-electron chi connectivity index (χ4n) is 3.28. The fourth-order valence-corrected chi connectivity index (χ4v) is 3.28. The van der Waals surface area contributed by atoms with Gasteiger partial charge in [-0.05, 0) is 38.8 Å². The molecule has 88 valence electrons. The Morgan fingerprint density at radius 2 is 1.87 bits per heavy atom. The minimum Gasteiger partial charge on any atom is -0.388 e. The second kappa shape index (κ2) is 4.04. The Hall–Kier alpha value is -0.120. The van der Waals surface area contributed by atoms with Gasteiger partial charge in [0.05, 0.1) is 11.1 Å². The van der Waals surface area contributed by atoms with Gasteiger partial charge >= 0.3 is 0 Å². The highest BCUT2D eigenvalue weighted by Crippen LogP contribution is 2.41. The van der Waals surface area contributed by atoms with E-state index in [-0.39, 0.29) is 5.54 Å². The zero-order valence-electron chi connectivity index (χ0n) is 9.84. The third kappa shape index (κ3) is 1.93.